The number of carbonyl (C=O) groups is 1. The Kier molecular flexibility index (Phi) is 5.88. The summed E-state index contributed by atoms with van der Waals surface area (Å²) in [6.07, 6.45) is 1.67. The van der Waals surface area contributed by atoms with Crippen LogP contribution in [-0.4, -0.2) is 64.2 Å². The first kappa shape index (κ1) is 21.2. The van der Waals surface area contributed by atoms with E-state index in [0.717, 1.165) is 18.7 Å². The Hall–Kier alpha value is -3.04. The van der Waals surface area contributed by atoms with Crippen LogP contribution in [0, 0.1) is 12.3 Å². The zero-order valence-corrected chi connectivity index (χ0v) is 18.1. The Morgan fingerprint density at radius 2 is 2.03 bits per heavy atom. The molecule has 3 aromatic rings. The van der Waals surface area contributed by atoms with E-state index in [1.807, 2.05) is 26.8 Å². The van der Waals surface area contributed by atoms with Gasteiger partial charge in [-0.2, -0.15) is 0 Å². The molecule has 0 saturated carbocycles. The molecule has 4 rings (SSSR count). The van der Waals surface area contributed by atoms with Crippen molar-refractivity contribution in [2.24, 2.45) is 0 Å². The lowest BCUT2D eigenvalue weighted by Gasteiger charge is -2.26. The van der Waals surface area contributed by atoms with Gasteiger partial charge < -0.3 is 14.6 Å². The van der Waals surface area contributed by atoms with Gasteiger partial charge in [0.2, 0.25) is 0 Å². The van der Waals surface area contributed by atoms with Crippen molar-refractivity contribution in [3.63, 3.8) is 0 Å². The Morgan fingerprint density at radius 3 is 2.74 bits per heavy atom. The zero-order chi connectivity index (χ0) is 22.1. The molecule has 31 heavy (non-hydrogen) atoms. The molecule has 1 aliphatic heterocycles. The predicted molar refractivity (Wildman–Crippen MR) is 118 cm³/mol. The largest absolute Gasteiger partial charge is 0.379 e. The molecule has 0 spiro atoms. The standard InChI is InChI=1S/C22H28N6O3/c1-14(2)28-18(23)16(21(29)24-6-8-26-9-11-31-12-10-26)13-17-20(28)25-19-15(3)5-4-7-27(19)22(17)30/h4-5,7,13-14,23H,6,8-12H2,1-3H3,(H,24,29). The van der Waals surface area contributed by atoms with Gasteiger partial charge in [-0.3, -0.25) is 24.3 Å². The summed E-state index contributed by atoms with van der Waals surface area (Å²) in [5, 5.41) is 11.9. The highest BCUT2D eigenvalue weighted by Crippen LogP contribution is 2.15. The lowest BCUT2D eigenvalue weighted by Crippen LogP contribution is -2.42. The van der Waals surface area contributed by atoms with Gasteiger partial charge in [0.15, 0.2) is 0 Å². The fraction of sp³-hybridized carbons (Fsp3) is 0.455. The van der Waals surface area contributed by atoms with E-state index in [1.165, 1.54) is 10.5 Å². The van der Waals surface area contributed by atoms with Crippen LogP contribution in [0.5, 0.6) is 0 Å². The van der Waals surface area contributed by atoms with Crippen molar-refractivity contribution >= 4 is 22.6 Å². The Balaban J connectivity index is 1.75. The maximum Gasteiger partial charge on any atom is 0.267 e. The minimum Gasteiger partial charge on any atom is -0.379 e. The number of hydrogen-bond acceptors (Lipinski definition) is 6. The molecule has 164 valence electrons. The summed E-state index contributed by atoms with van der Waals surface area (Å²) >= 11 is 0. The molecular weight excluding hydrogens is 396 g/mol. The average Bonchev–Trinajstić information content (AvgIpc) is 2.75. The first-order valence-electron chi connectivity index (χ1n) is 10.6. The van der Waals surface area contributed by atoms with Crippen LogP contribution >= 0.6 is 0 Å². The van der Waals surface area contributed by atoms with Crippen molar-refractivity contribution in [1.29, 1.82) is 5.41 Å². The average molecular weight is 425 g/mol. The number of nitrogens with zero attached hydrogens (tertiary/aromatic N) is 4. The summed E-state index contributed by atoms with van der Waals surface area (Å²) in [5.74, 6) is -0.358. The van der Waals surface area contributed by atoms with Crippen LogP contribution in [0.1, 0.15) is 35.8 Å². The highest BCUT2D eigenvalue weighted by Gasteiger charge is 2.19. The third kappa shape index (κ3) is 3.98. The van der Waals surface area contributed by atoms with E-state index in [0.29, 0.717) is 43.0 Å². The molecule has 9 heteroatoms. The molecule has 4 heterocycles. The molecule has 0 radical (unpaired) electrons. The number of nitrogens with one attached hydrogen (secondary N) is 2. The van der Waals surface area contributed by atoms with Crippen LogP contribution < -0.4 is 16.4 Å². The van der Waals surface area contributed by atoms with Crippen LogP contribution in [0.2, 0.25) is 0 Å². The molecule has 3 aromatic heterocycles. The molecule has 0 aromatic carbocycles. The molecule has 2 N–H and O–H groups in total. The number of amides is 1. The predicted octanol–water partition coefficient (Wildman–Crippen LogP) is 1.08. The van der Waals surface area contributed by atoms with Crippen molar-refractivity contribution in [2.45, 2.75) is 26.8 Å². The minimum atomic E-state index is -0.358. The summed E-state index contributed by atoms with van der Waals surface area (Å²) < 4.78 is 8.49. The molecular formula is C22H28N6O3. The van der Waals surface area contributed by atoms with Gasteiger partial charge in [-0.25, -0.2) is 4.98 Å². The maximum atomic E-state index is 13.2. The van der Waals surface area contributed by atoms with E-state index in [-0.39, 0.29) is 28.6 Å². The topological polar surface area (TPSA) is 105 Å². The maximum absolute atomic E-state index is 13.2. The van der Waals surface area contributed by atoms with Crippen LogP contribution in [0.25, 0.3) is 16.7 Å². The van der Waals surface area contributed by atoms with Gasteiger partial charge in [0.1, 0.15) is 16.8 Å². The normalized spacial score (nSPS) is 15.1. The van der Waals surface area contributed by atoms with Gasteiger partial charge in [-0.15, -0.1) is 0 Å². The van der Waals surface area contributed by atoms with E-state index in [4.69, 9.17) is 15.1 Å². The van der Waals surface area contributed by atoms with E-state index >= 15 is 0 Å². The first-order valence-corrected chi connectivity index (χ1v) is 10.6. The number of aromatic nitrogens is 3. The lowest BCUT2D eigenvalue weighted by molar-refractivity contribution is 0.0383. The van der Waals surface area contributed by atoms with Gasteiger partial charge >= 0.3 is 0 Å². The van der Waals surface area contributed by atoms with Crippen LogP contribution in [-0.2, 0) is 4.74 Å². The third-order valence-electron chi connectivity index (χ3n) is 5.66. The smallest absolute Gasteiger partial charge is 0.267 e. The van der Waals surface area contributed by atoms with Crippen LogP contribution in [0.3, 0.4) is 0 Å². The molecule has 1 fully saturated rings. The van der Waals surface area contributed by atoms with Gasteiger partial charge in [-0.05, 0) is 38.5 Å². The minimum absolute atomic E-state index is 0.0520. The van der Waals surface area contributed by atoms with Gasteiger partial charge in [0.25, 0.3) is 11.5 Å². The molecule has 9 nitrogen and oxygen atoms in total. The number of aryl methyl sites for hydroxylation is 1. The van der Waals surface area contributed by atoms with Crippen LogP contribution in [0.4, 0.5) is 0 Å². The highest BCUT2D eigenvalue weighted by atomic mass is 16.5. The Labute approximate surface area is 179 Å². The number of ether oxygens (including phenoxy) is 1. The molecule has 0 bridgehead atoms. The number of hydrogen-bond donors (Lipinski definition) is 2. The van der Waals surface area contributed by atoms with Crippen molar-refractivity contribution < 1.29 is 9.53 Å². The third-order valence-corrected chi connectivity index (χ3v) is 5.66. The van der Waals surface area contributed by atoms with Crippen molar-refractivity contribution in [1.82, 2.24) is 24.2 Å². The molecule has 0 unspecified atom stereocenters. The SMILES string of the molecule is Cc1cccn2c(=O)c3cc(C(=O)NCCN4CCOCC4)c(=N)n(C(C)C)c3nc12. The molecule has 1 saturated heterocycles. The highest BCUT2D eigenvalue weighted by molar-refractivity contribution is 5.96. The van der Waals surface area contributed by atoms with E-state index in [1.54, 1.807) is 16.8 Å². The summed E-state index contributed by atoms with van der Waals surface area (Å²) in [6, 6.07) is 5.05. The van der Waals surface area contributed by atoms with Gasteiger partial charge in [-0.1, -0.05) is 6.07 Å². The van der Waals surface area contributed by atoms with E-state index in [9.17, 15) is 9.59 Å². The Bertz CT molecular complexity index is 1250. The monoisotopic (exact) mass is 424 g/mol. The second-order valence-corrected chi connectivity index (χ2v) is 8.12. The quantitative estimate of drug-likeness (QED) is 0.597. The molecule has 0 atom stereocenters. The summed E-state index contributed by atoms with van der Waals surface area (Å²) in [6.45, 7) is 10.0. The first-order chi connectivity index (χ1) is 14.9. The van der Waals surface area contributed by atoms with Gasteiger partial charge in [0, 0.05) is 38.4 Å². The molecule has 1 amide bonds. The Morgan fingerprint density at radius 1 is 1.29 bits per heavy atom. The fourth-order valence-corrected chi connectivity index (χ4v) is 3.98. The number of carbonyl (C=O) groups excluding carboxylic acids is 1. The van der Waals surface area contributed by atoms with E-state index < -0.39 is 0 Å². The zero-order valence-electron chi connectivity index (χ0n) is 18.1. The fourth-order valence-electron chi connectivity index (χ4n) is 3.98. The van der Waals surface area contributed by atoms with Gasteiger partial charge in [0.05, 0.1) is 24.2 Å². The number of fused-ring (bicyclic) bond motifs is 2. The number of rotatable bonds is 5. The van der Waals surface area contributed by atoms with E-state index in [2.05, 4.69) is 10.2 Å². The summed E-state index contributed by atoms with van der Waals surface area (Å²) in [4.78, 5) is 33.1. The second-order valence-electron chi connectivity index (χ2n) is 8.12. The summed E-state index contributed by atoms with van der Waals surface area (Å²) in [5.41, 5.74) is 1.82. The number of morpholine rings is 1. The van der Waals surface area contributed by atoms with Crippen LogP contribution in [0.15, 0.2) is 29.2 Å². The second kappa shape index (κ2) is 8.60. The molecule has 0 aliphatic carbocycles. The molecule has 1 aliphatic rings. The number of pyridine rings is 2. The van der Waals surface area contributed by atoms with Crippen molar-refractivity contribution in [3.05, 3.63) is 51.4 Å². The van der Waals surface area contributed by atoms with Crippen molar-refractivity contribution in [3.8, 4) is 0 Å². The summed E-state index contributed by atoms with van der Waals surface area (Å²) in [7, 11) is 0. The van der Waals surface area contributed by atoms with Crippen molar-refractivity contribution in [2.75, 3.05) is 39.4 Å². The lowest BCUT2D eigenvalue weighted by atomic mass is 10.1.